The van der Waals surface area contributed by atoms with Gasteiger partial charge in [-0.1, -0.05) is 40.2 Å². The van der Waals surface area contributed by atoms with Crippen LogP contribution in [0.5, 0.6) is 0 Å². The van der Waals surface area contributed by atoms with Crippen LogP contribution in [0.15, 0.2) is 49.6 Å². The van der Waals surface area contributed by atoms with Crippen molar-refractivity contribution in [1.82, 2.24) is 0 Å². The van der Waals surface area contributed by atoms with Gasteiger partial charge in [-0.15, -0.1) is 0 Å². The number of hydrogen-bond acceptors (Lipinski definition) is 4. The van der Waals surface area contributed by atoms with E-state index in [0.29, 0.717) is 24.0 Å². The van der Waals surface area contributed by atoms with Gasteiger partial charge in [-0.25, -0.2) is 0 Å². The molecule has 0 heterocycles. The smallest absolute Gasteiger partial charge is 0.157 e. The molecule has 0 fully saturated rings. The third-order valence-corrected chi connectivity index (χ3v) is 2.26. The molecule has 136 valence electrons. The molecular formula is C20H32O4. The van der Waals surface area contributed by atoms with Gasteiger partial charge < -0.3 is 0 Å². The third kappa shape index (κ3) is 36.7. The number of ketones is 4. The Balaban J connectivity index is -0.000000112. The number of rotatable bonds is 6. The first-order chi connectivity index (χ1) is 10.9. The molecule has 0 amide bonds. The van der Waals surface area contributed by atoms with E-state index >= 15 is 0 Å². The maximum absolute atomic E-state index is 10.4. The van der Waals surface area contributed by atoms with Crippen molar-refractivity contribution in [3.05, 3.63) is 49.6 Å². The van der Waals surface area contributed by atoms with Crippen LogP contribution in [-0.2, 0) is 19.2 Å². The maximum atomic E-state index is 10.4. The van der Waals surface area contributed by atoms with Crippen LogP contribution in [0.3, 0.4) is 0 Å². The second-order valence-electron chi connectivity index (χ2n) is 4.73. The molecule has 0 aromatic rings. The van der Waals surface area contributed by atoms with E-state index in [9.17, 15) is 19.2 Å². The molecule has 0 saturated carbocycles. The molecule has 0 unspecified atom stereocenters. The van der Waals surface area contributed by atoms with Crippen molar-refractivity contribution in [3.63, 3.8) is 0 Å². The summed E-state index contributed by atoms with van der Waals surface area (Å²) in [6.45, 7) is 23.4. The van der Waals surface area contributed by atoms with Gasteiger partial charge in [0.15, 0.2) is 23.1 Å². The molecule has 0 aliphatic heterocycles. The molecule has 0 bridgehead atoms. The Bertz CT molecular complexity index is 453. The Labute approximate surface area is 147 Å². The fourth-order valence-electron chi connectivity index (χ4n) is 0.446. The van der Waals surface area contributed by atoms with Crippen LogP contribution in [0.1, 0.15) is 54.4 Å². The van der Waals surface area contributed by atoms with Crippen molar-refractivity contribution < 1.29 is 19.2 Å². The summed E-state index contributed by atoms with van der Waals surface area (Å²) in [5.41, 5.74) is 1.28. The zero-order chi connectivity index (χ0) is 20.3. The molecular weight excluding hydrogens is 304 g/mol. The van der Waals surface area contributed by atoms with Gasteiger partial charge in [0, 0.05) is 12.8 Å². The van der Waals surface area contributed by atoms with Gasteiger partial charge >= 0.3 is 0 Å². The molecule has 4 nitrogen and oxygen atoms in total. The van der Waals surface area contributed by atoms with Crippen LogP contribution in [0.4, 0.5) is 0 Å². The van der Waals surface area contributed by atoms with E-state index in [-0.39, 0.29) is 23.1 Å². The molecule has 0 atom stereocenters. The van der Waals surface area contributed by atoms with Gasteiger partial charge in [0.1, 0.15) is 0 Å². The lowest BCUT2D eigenvalue weighted by Gasteiger charge is -1.87. The number of carbonyl (C=O) groups excluding carboxylic acids is 4. The van der Waals surface area contributed by atoms with Gasteiger partial charge in [-0.2, -0.15) is 0 Å². The van der Waals surface area contributed by atoms with Gasteiger partial charge in [-0.05, 0) is 51.0 Å². The predicted octanol–water partition coefficient (Wildman–Crippen LogP) is 4.61. The molecule has 0 radical (unpaired) electrons. The summed E-state index contributed by atoms with van der Waals surface area (Å²) < 4.78 is 0. The second-order valence-corrected chi connectivity index (χ2v) is 4.73. The Kier molecular flexibility index (Phi) is 25.5. The summed E-state index contributed by atoms with van der Waals surface area (Å²) >= 11 is 0. The predicted molar refractivity (Wildman–Crippen MR) is 102 cm³/mol. The minimum Gasteiger partial charge on any atom is -0.295 e. The van der Waals surface area contributed by atoms with Crippen LogP contribution in [0, 0.1) is 0 Å². The normalized spacial score (nSPS) is 7.58. The third-order valence-electron chi connectivity index (χ3n) is 2.26. The summed E-state index contributed by atoms with van der Waals surface area (Å²) in [7, 11) is 0. The lowest BCUT2D eigenvalue weighted by molar-refractivity contribution is -0.115. The fraction of sp³-hybridized carbons (Fsp3) is 0.400. The first-order valence-corrected chi connectivity index (χ1v) is 7.54. The average molecular weight is 336 g/mol. The second kappa shape index (κ2) is 20.6. The van der Waals surface area contributed by atoms with Crippen LogP contribution >= 0.6 is 0 Å². The summed E-state index contributed by atoms with van der Waals surface area (Å²) in [5, 5.41) is 0. The molecule has 0 aromatic heterocycles. The lowest BCUT2D eigenvalue weighted by atomic mass is 10.2. The van der Waals surface area contributed by atoms with Gasteiger partial charge in [0.2, 0.25) is 0 Å². The number of hydrogen-bond donors (Lipinski definition) is 0. The van der Waals surface area contributed by atoms with E-state index in [2.05, 4.69) is 26.3 Å². The highest BCUT2D eigenvalue weighted by atomic mass is 16.1. The Morgan fingerprint density at radius 3 is 1.08 bits per heavy atom. The van der Waals surface area contributed by atoms with E-state index in [1.54, 1.807) is 13.8 Å². The van der Waals surface area contributed by atoms with Gasteiger partial charge in [-0.3, -0.25) is 19.2 Å². The summed E-state index contributed by atoms with van der Waals surface area (Å²) in [4.78, 5) is 40.2. The van der Waals surface area contributed by atoms with Crippen molar-refractivity contribution in [2.45, 2.75) is 54.4 Å². The number of carbonyl (C=O) groups is 4. The van der Waals surface area contributed by atoms with Crippen molar-refractivity contribution in [3.8, 4) is 0 Å². The van der Waals surface area contributed by atoms with Crippen LogP contribution < -0.4 is 0 Å². The van der Waals surface area contributed by atoms with Gasteiger partial charge in [0.25, 0.3) is 0 Å². The standard InChI is InChI=1S/C6H10O.2C5H8O.C4H6O/c1-4-6(7)5(2)3;1-4(2)5(3)6;1-3-5(6)4-2;1-3-4(2)5/h2,4H2,1,3H3;1H2,2-3H3;3H,1,4H2,2H3;3H,1H2,2H3. The zero-order valence-corrected chi connectivity index (χ0v) is 16.0. The van der Waals surface area contributed by atoms with Crippen LogP contribution in [0.25, 0.3) is 0 Å². The van der Waals surface area contributed by atoms with E-state index in [0.717, 1.165) is 0 Å². The zero-order valence-electron chi connectivity index (χ0n) is 16.0. The maximum Gasteiger partial charge on any atom is 0.157 e. The summed E-state index contributed by atoms with van der Waals surface area (Å²) in [6, 6.07) is 0. The quantitative estimate of drug-likeness (QED) is 0.664. The molecule has 0 spiro atoms. The van der Waals surface area contributed by atoms with Gasteiger partial charge in [0.05, 0.1) is 0 Å². The number of Topliss-reactive ketones (excluding diaryl/α,β-unsaturated/α-hetero) is 2. The van der Waals surface area contributed by atoms with E-state index < -0.39 is 0 Å². The van der Waals surface area contributed by atoms with Crippen molar-refractivity contribution >= 4 is 23.1 Å². The Hall–Kier alpha value is -2.36. The van der Waals surface area contributed by atoms with E-state index in [1.165, 1.54) is 26.0 Å². The largest absolute Gasteiger partial charge is 0.295 e. The van der Waals surface area contributed by atoms with Crippen molar-refractivity contribution in [1.29, 1.82) is 0 Å². The first-order valence-electron chi connectivity index (χ1n) is 7.54. The Morgan fingerprint density at radius 2 is 1.08 bits per heavy atom. The summed E-state index contributed by atoms with van der Waals surface area (Å²) in [5.74, 6) is 0.343. The summed E-state index contributed by atoms with van der Waals surface area (Å²) in [6.07, 6.45) is 3.76. The van der Waals surface area contributed by atoms with Crippen molar-refractivity contribution in [2.75, 3.05) is 0 Å². The molecule has 0 aliphatic carbocycles. The lowest BCUT2D eigenvalue weighted by Crippen LogP contribution is -1.93. The Morgan fingerprint density at radius 1 is 0.750 bits per heavy atom. The molecule has 0 aromatic carbocycles. The monoisotopic (exact) mass is 336 g/mol. The van der Waals surface area contributed by atoms with E-state index in [4.69, 9.17) is 0 Å². The molecule has 4 heteroatoms. The van der Waals surface area contributed by atoms with E-state index in [1.807, 2.05) is 13.8 Å². The van der Waals surface area contributed by atoms with Crippen LogP contribution in [-0.4, -0.2) is 23.1 Å². The fourth-order valence-corrected chi connectivity index (χ4v) is 0.446. The topological polar surface area (TPSA) is 68.3 Å². The molecule has 0 rings (SSSR count). The minimum atomic E-state index is 0.0185. The highest BCUT2D eigenvalue weighted by Crippen LogP contribution is 1.91. The average Bonchev–Trinajstić information content (AvgIpc) is 2.54. The SMILES string of the molecule is C=C(C)C(=O)CC.C=C(C)C(C)=O.C=CC(=O)CC.C=CC(C)=O. The van der Waals surface area contributed by atoms with Crippen molar-refractivity contribution in [2.24, 2.45) is 0 Å². The number of allylic oxidation sites excluding steroid dienone is 4. The molecule has 0 saturated heterocycles. The highest BCUT2D eigenvalue weighted by molar-refractivity contribution is 5.93. The van der Waals surface area contributed by atoms with Crippen LogP contribution in [0.2, 0.25) is 0 Å². The first kappa shape index (κ1) is 29.6. The molecule has 0 aliphatic rings. The minimum absolute atomic E-state index is 0.0185. The molecule has 0 N–H and O–H groups in total. The molecule has 24 heavy (non-hydrogen) atoms. The highest BCUT2D eigenvalue weighted by Gasteiger charge is 1.93.